The molecular weight excluding hydrogens is 400 g/mol. The normalized spacial score (nSPS) is 50.4. The van der Waals surface area contributed by atoms with Crippen molar-refractivity contribution in [2.24, 2.45) is 29.1 Å². The van der Waals surface area contributed by atoms with Gasteiger partial charge in [0.05, 0.1) is 35.9 Å². The first-order chi connectivity index (χ1) is 14.4. The van der Waals surface area contributed by atoms with Gasteiger partial charge in [0.1, 0.15) is 0 Å². The number of benzene rings is 1. The Kier molecular flexibility index (Phi) is 5.47. The number of ether oxygens (including phenoxy) is 1. The van der Waals surface area contributed by atoms with Crippen LogP contribution in [0.25, 0.3) is 0 Å². The van der Waals surface area contributed by atoms with Gasteiger partial charge in [-0.25, -0.2) is 0 Å². The second-order valence-corrected chi connectivity index (χ2v) is 11.3. The van der Waals surface area contributed by atoms with Crippen molar-refractivity contribution in [3.8, 4) is 0 Å². The van der Waals surface area contributed by atoms with Crippen LogP contribution in [0.2, 0.25) is 0 Å². The number of aliphatic hydroxyl groups excluding tert-OH is 3. The molecule has 4 fully saturated rings. The number of hydrogen-bond acceptors (Lipinski definition) is 4. The molecule has 1 aromatic carbocycles. The van der Waals surface area contributed by atoms with Crippen molar-refractivity contribution in [2.75, 3.05) is 0 Å². The summed E-state index contributed by atoms with van der Waals surface area (Å²) in [6, 6.07) is 10.2. The van der Waals surface area contributed by atoms with Crippen molar-refractivity contribution in [1.29, 1.82) is 0 Å². The number of aliphatic hydroxyl groups is 3. The zero-order chi connectivity index (χ0) is 21.1. The fourth-order valence-corrected chi connectivity index (χ4v) is 8.42. The molecule has 5 rings (SSSR count). The summed E-state index contributed by atoms with van der Waals surface area (Å²) in [7, 11) is 0. The summed E-state index contributed by atoms with van der Waals surface area (Å²) < 4.78 is 6.57. The maximum atomic E-state index is 11.3. The third-order valence-electron chi connectivity index (χ3n) is 9.24. The number of fused-ring (bicyclic) bond motifs is 5. The summed E-state index contributed by atoms with van der Waals surface area (Å²) in [5.74, 6) is -0.0709. The highest BCUT2D eigenvalue weighted by Crippen LogP contribution is 2.65. The Morgan fingerprint density at radius 3 is 2.53 bits per heavy atom. The Balaban J connectivity index is 1.53. The predicted octanol–water partition coefficient (Wildman–Crippen LogP) is 3.89. The number of alkyl halides is 1. The van der Waals surface area contributed by atoms with Crippen LogP contribution in [0.4, 0.5) is 0 Å². The van der Waals surface area contributed by atoms with Crippen LogP contribution >= 0.6 is 11.6 Å². The highest BCUT2D eigenvalue weighted by Gasteiger charge is 2.68. The van der Waals surface area contributed by atoms with E-state index in [0.29, 0.717) is 6.61 Å². The third-order valence-corrected chi connectivity index (χ3v) is 9.96. The van der Waals surface area contributed by atoms with Crippen LogP contribution in [-0.2, 0) is 11.3 Å². The Hall–Kier alpha value is -0.650. The first-order valence-electron chi connectivity index (χ1n) is 11.7. The highest BCUT2D eigenvalue weighted by atomic mass is 35.5. The van der Waals surface area contributed by atoms with Crippen molar-refractivity contribution in [3.63, 3.8) is 0 Å². The molecule has 0 radical (unpaired) electrons. The molecule has 0 spiro atoms. The lowest BCUT2D eigenvalue weighted by atomic mass is 9.47. The quantitative estimate of drug-likeness (QED) is 0.631. The maximum Gasteiger partial charge on any atom is 0.0847 e. The van der Waals surface area contributed by atoms with Gasteiger partial charge in [0, 0.05) is 11.8 Å². The molecule has 0 amide bonds. The van der Waals surface area contributed by atoms with Crippen molar-refractivity contribution in [2.45, 2.75) is 87.8 Å². The summed E-state index contributed by atoms with van der Waals surface area (Å²) in [6.07, 6.45) is 4.09. The molecule has 4 aliphatic carbocycles. The molecule has 166 valence electrons. The lowest BCUT2D eigenvalue weighted by Gasteiger charge is -2.63. The van der Waals surface area contributed by atoms with Crippen LogP contribution in [0, 0.1) is 29.1 Å². The maximum absolute atomic E-state index is 11.3. The Morgan fingerprint density at radius 2 is 1.77 bits per heavy atom. The van der Waals surface area contributed by atoms with E-state index in [1.165, 1.54) is 0 Å². The molecule has 4 saturated carbocycles. The summed E-state index contributed by atoms with van der Waals surface area (Å²) in [5, 5.41) is 33.3. The average Bonchev–Trinajstić information content (AvgIpc) is 3.04. The van der Waals surface area contributed by atoms with Gasteiger partial charge in [-0.3, -0.25) is 0 Å². The number of hydrogen-bond donors (Lipinski definition) is 3. The van der Waals surface area contributed by atoms with E-state index in [9.17, 15) is 15.3 Å². The van der Waals surface area contributed by atoms with Gasteiger partial charge in [0.25, 0.3) is 0 Å². The van der Waals surface area contributed by atoms with E-state index in [-0.39, 0.29) is 35.2 Å². The minimum Gasteiger partial charge on any atom is -0.393 e. The van der Waals surface area contributed by atoms with E-state index >= 15 is 0 Å². The number of rotatable bonds is 3. The zero-order valence-corrected chi connectivity index (χ0v) is 18.5. The standard InChI is InChI=1S/C25H35ClO4/c1-24-13-18(30-14-15-7-3-2-4-8-15)21-20(16(24)10-11-19(24)27)23(29)22(28)17-9-5-6-12-25(17,21)26/h2-4,7-8,16-23,27-29H,5-6,9-14H2,1H3/t16?,17?,18?,19-,20?,21?,22+,23?,24-,25+/m0/s1. The van der Waals surface area contributed by atoms with Crippen molar-refractivity contribution in [1.82, 2.24) is 0 Å². The van der Waals surface area contributed by atoms with E-state index < -0.39 is 23.2 Å². The first-order valence-corrected chi connectivity index (χ1v) is 12.1. The minimum absolute atomic E-state index is 0.00467. The molecule has 4 aliphatic rings. The molecule has 0 bridgehead atoms. The molecule has 4 nitrogen and oxygen atoms in total. The Bertz CT molecular complexity index is 759. The van der Waals surface area contributed by atoms with E-state index in [4.69, 9.17) is 16.3 Å². The predicted molar refractivity (Wildman–Crippen MR) is 116 cm³/mol. The zero-order valence-electron chi connectivity index (χ0n) is 17.8. The Labute approximate surface area is 184 Å². The molecule has 1 aromatic rings. The summed E-state index contributed by atoms with van der Waals surface area (Å²) >= 11 is 7.45. The van der Waals surface area contributed by atoms with Gasteiger partial charge in [-0.15, -0.1) is 11.6 Å². The molecule has 0 aliphatic heterocycles. The van der Waals surface area contributed by atoms with Gasteiger partial charge in [-0.2, -0.15) is 0 Å². The topological polar surface area (TPSA) is 69.9 Å². The van der Waals surface area contributed by atoms with Crippen LogP contribution < -0.4 is 0 Å². The van der Waals surface area contributed by atoms with Gasteiger partial charge >= 0.3 is 0 Å². The third kappa shape index (κ3) is 3.09. The smallest absolute Gasteiger partial charge is 0.0847 e. The molecule has 0 saturated heterocycles. The minimum atomic E-state index is -0.803. The van der Waals surface area contributed by atoms with Crippen molar-refractivity contribution < 1.29 is 20.1 Å². The molecule has 0 heterocycles. The lowest BCUT2D eigenvalue weighted by Crippen LogP contribution is -2.69. The summed E-state index contributed by atoms with van der Waals surface area (Å²) in [4.78, 5) is -0.544. The van der Waals surface area contributed by atoms with Gasteiger partial charge in [0.15, 0.2) is 0 Å². The molecule has 3 N–H and O–H groups in total. The Morgan fingerprint density at radius 1 is 1.00 bits per heavy atom. The van der Waals surface area contributed by atoms with Gasteiger partial charge in [-0.05, 0) is 54.9 Å². The van der Waals surface area contributed by atoms with Crippen LogP contribution in [0.15, 0.2) is 30.3 Å². The van der Waals surface area contributed by atoms with Crippen LogP contribution in [-0.4, -0.2) is 44.6 Å². The van der Waals surface area contributed by atoms with Crippen LogP contribution in [0.5, 0.6) is 0 Å². The van der Waals surface area contributed by atoms with Gasteiger partial charge in [-0.1, -0.05) is 50.1 Å². The second-order valence-electron chi connectivity index (χ2n) is 10.6. The fourth-order valence-electron chi connectivity index (χ4n) is 7.76. The SMILES string of the molecule is C[C@]12CC(OCc3ccccc3)C3C(C(O)[C@H](O)C4CCCC[C@]34Cl)C1CC[C@@H]2O. The van der Waals surface area contributed by atoms with Crippen molar-refractivity contribution in [3.05, 3.63) is 35.9 Å². The molecular formula is C25H35ClO4. The van der Waals surface area contributed by atoms with E-state index in [1.54, 1.807) is 0 Å². The highest BCUT2D eigenvalue weighted by molar-refractivity contribution is 6.24. The molecule has 10 atom stereocenters. The number of halogens is 1. The largest absolute Gasteiger partial charge is 0.393 e. The average molecular weight is 435 g/mol. The summed E-state index contributed by atoms with van der Waals surface area (Å²) in [5.41, 5.74) is 0.811. The molecule has 6 unspecified atom stereocenters. The lowest BCUT2D eigenvalue weighted by molar-refractivity contribution is -0.219. The van der Waals surface area contributed by atoms with Crippen LogP contribution in [0.1, 0.15) is 57.4 Å². The molecule has 5 heteroatoms. The van der Waals surface area contributed by atoms with Crippen LogP contribution in [0.3, 0.4) is 0 Å². The monoisotopic (exact) mass is 434 g/mol. The molecule has 30 heavy (non-hydrogen) atoms. The molecule has 0 aromatic heterocycles. The summed E-state index contributed by atoms with van der Waals surface area (Å²) in [6.45, 7) is 2.65. The van der Waals surface area contributed by atoms with E-state index in [1.807, 2.05) is 18.2 Å². The van der Waals surface area contributed by atoms with E-state index in [0.717, 1.165) is 50.5 Å². The first kappa shape index (κ1) is 21.2. The van der Waals surface area contributed by atoms with E-state index in [2.05, 4.69) is 19.1 Å². The van der Waals surface area contributed by atoms with Gasteiger partial charge < -0.3 is 20.1 Å². The second kappa shape index (κ2) is 7.74. The van der Waals surface area contributed by atoms with Crippen molar-refractivity contribution >= 4 is 11.6 Å². The van der Waals surface area contributed by atoms with Gasteiger partial charge in [0.2, 0.25) is 0 Å². The fraction of sp³-hybridized carbons (Fsp3) is 0.760.